The molecule has 2 aromatic rings. The van der Waals surface area contributed by atoms with Crippen LogP contribution in [0.15, 0.2) is 46.9 Å². The van der Waals surface area contributed by atoms with Gasteiger partial charge in [-0.05, 0) is 48.6 Å². The molecule has 0 aromatic heterocycles. The summed E-state index contributed by atoms with van der Waals surface area (Å²) in [5, 5.41) is 0. The minimum absolute atomic E-state index is 0.105. The first-order valence-electron chi connectivity index (χ1n) is 7.28. The molecule has 0 saturated carbocycles. The first-order chi connectivity index (χ1) is 9.97. The average molecular weight is 348 g/mol. The zero-order valence-corrected chi connectivity index (χ0v) is 14.4. The highest BCUT2D eigenvalue weighted by Gasteiger charge is 2.12. The zero-order valence-electron chi connectivity index (χ0n) is 12.8. The van der Waals surface area contributed by atoms with E-state index in [1.54, 1.807) is 0 Å². The minimum atomic E-state index is 0.105. The first-order valence-corrected chi connectivity index (χ1v) is 8.07. The number of hydrogen-bond acceptors (Lipinski definition) is 2. The predicted octanol–water partition coefficient (Wildman–Crippen LogP) is 5.25. The number of rotatable bonds is 5. The average Bonchev–Trinajstić information content (AvgIpc) is 2.42. The lowest BCUT2D eigenvalue weighted by atomic mass is 10.0. The lowest BCUT2D eigenvalue weighted by Crippen LogP contribution is -2.18. The Balaban J connectivity index is 2.37. The van der Waals surface area contributed by atoms with Crippen molar-refractivity contribution in [3.05, 3.63) is 58.1 Å². The van der Waals surface area contributed by atoms with Crippen molar-refractivity contribution in [1.82, 2.24) is 0 Å². The van der Waals surface area contributed by atoms with Crippen molar-refractivity contribution < 1.29 is 4.74 Å². The highest BCUT2D eigenvalue weighted by Crippen LogP contribution is 2.33. The summed E-state index contributed by atoms with van der Waals surface area (Å²) < 4.78 is 7.21. The number of ether oxygens (including phenoxy) is 1. The highest BCUT2D eigenvalue weighted by atomic mass is 79.9. The molecule has 0 spiro atoms. The van der Waals surface area contributed by atoms with Crippen LogP contribution < -0.4 is 10.5 Å². The van der Waals surface area contributed by atoms with Crippen LogP contribution >= 0.6 is 15.9 Å². The van der Waals surface area contributed by atoms with Crippen molar-refractivity contribution in [3.63, 3.8) is 0 Å². The normalized spacial score (nSPS) is 12.5. The Morgan fingerprint density at radius 2 is 1.76 bits per heavy atom. The third kappa shape index (κ3) is 4.32. The van der Waals surface area contributed by atoms with Gasteiger partial charge in [0.25, 0.3) is 0 Å². The Hall–Kier alpha value is -1.32. The molecular weight excluding hydrogens is 326 g/mol. The molecule has 112 valence electrons. The molecule has 3 heteroatoms. The summed E-state index contributed by atoms with van der Waals surface area (Å²) >= 11 is 3.51. The summed E-state index contributed by atoms with van der Waals surface area (Å²) in [5.74, 6) is 2.21. The predicted molar refractivity (Wildman–Crippen MR) is 92.1 cm³/mol. The fourth-order valence-electron chi connectivity index (χ4n) is 2.31. The quantitative estimate of drug-likeness (QED) is 0.800. The second-order valence-electron chi connectivity index (χ2n) is 5.73. The van der Waals surface area contributed by atoms with Crippen LogP contribution in [-0.4, -0.2) is 6.04 Å². The molecule has 0 aliphatic heterocycles. The molecule has 1 unspecified atom stereocenters. The third-order valence-corrected chi connectivity index (χ3v) is 3.83. The molecule has 0 amide bonds. The Kier molecular flexibility index (Phi) is 5.43. The molecule has 21 heavy (non-hydrogen) atoms. The minimum Gasteiger partial charge on any atom is -0.457 e. The Morgan fingerprint density at radius 1 is 1.05 bits per heavy atom. The maximum atomic E-state index is 6.20. The molecule has 0 bridgehead atoms. The summed E-state index contributed by atoms with van der Waals surface area (Å²) in [4.78, 5) is 0. The van der Waals surface area contributed by atoms with E-state index in [1.807, 2.05) is 37.3 Å². The molecular formula is C18H22BrNO. The fourth-order valence-corrected chi connectivity index (χ4v) is 2.65. The summed E-state index contributed by atoms with van der Waals surface area (Å²) in [6.07, 6.45) is 0.798. The van der Waals surface area contributed by atoms with Gasteiger partial charge in [0, 0.05) is 10.5 Å². The maximum Gasteiger partial charge on any atom is 0.131 e. The Bertz CT molecular complexity index is 608. The van der Waals surface area contributed by atoms with Gasteiger partial charge in [-0.15, -0.1) is 0 Å². The molecule has 2 rings (SSSR count). The number of nitrogens with two attached hydrogens (primary N) is 1. The molecule has 0 aliphatic rings. The monoisotopic (exact) mass is 347 g/mol. The van der Waals surface area contributed by atoms with Crippen molar-refractivity contribution >= 4 is 15.9 Å². The molecule has 2 N–H and O–H groups in total. The standard InChI is InChI=1S/C18H22BrNO/c1-12(2)16-6-4-5-7-17(16)21-18-11-15(19)9-8-14(18)10-13(3)20/h4-9,11-13H,10,20H2,1-3H3. The number of para-hydroxylation sites is 1. The van der Waals surface area contributed by atoms with Gasteiger partial charge in [-0.2, -0.15) is 0 Å². The smallest absolute Gasteiger partial charge is 0.131 e. The van der Waals surface area contributed by atoms with E-state index in [-0.39, 0.29) is 6.04 Å². The number of halogens is 1. The molecule has 0 heterocycles. The van der Waals surface area contributed by atoms with Gasteiger partial charge in [0.05, 0.1) is 0 Å². The third-order valence-electron chi connectivity index (χ3n) is 3.33. The second-order valence-corrected chi connectivity index (χ2v) is 6.64. The van der Waals surface area contributed by atoms with Crippen molar-refractivity contribution in [2.24, 2.45) is 5.73 Å². The summed E-state index contributed by atoms with van der Waals surface area (Å²) in [6, 6.07) is 14.4. The van der Waals surface area contributed by atoms with E-state index in [1.165, 1.54) is 5.56 Å². The van der Waals surface area contributed by atoms with Crippen LogP contribution in [-0.2, 0) is 6.42 Å². The first kappa shape index (κ1) is 16.1. The number of benzene rings is 2. The van der Waals surface area contributed by atoms with E-state index in [0.29, 0.717) is 5.92 Å². The molecule has 0 radical (unpaired) electrons. The van der Waals surface area contributed by atoms with Crippen LogP contribution in [0.4, 0.5) is 0 Å². The second kappa shape index (κ2) is 7.10. The topological polar surface area (TPSA) is 35.2 Å². The molecule has 2 aromatic carbocycles. The lowest BCUT2D eigenvalue weighted by Gasteiger charge is -2.17. The van der Waals surface area contributed by atoms with Gasteiger partial charge in [0.2, 0.25) is 0 Å². The van der Waals surface area contributed by atoms with Crippen LogP contribution in [0.2, 0.25) is 0 Å². The fraction of sp³-hybridized carbons (Fsp3) is 0.333. The van der Waals surface area contributed by atoms with Crippen LogP contribution in [0.5, 0.6) is 11.5 Å². The summed E-state index contributed by atoms with van der Waals surface area (Å²) in [6.45, 7) is 6.35. The van der Waals surface area contributed by atoms with Crippen molar-refractivity contribution in [3.8, 4) is 11.5 Å². The van der Waals surface area contributed by atoms with E-state index in [0.717, 1.165) is 28.0 Å². The largest absolute Gasteiger partial charge is 0.457 e. The van der Waals surface area contributed by atoms with E-state index < -0.39 is 0 Å². The van der Waals surface area contributed by atoms with Gasteiger partial charge in [-0.1, -0.05) is 54.0 Å². The van der Waals surface area contributed by atoms with Crippen LogP contribution in [0.1, 0.15) is 37.8 Å². The van der Waals surface area contributed by atoms with Gasteiger partial charge in [0.1, 0.15) is 11.5 Å². The molecule has 1 atom stereocenters. The highest BCUT2D eigenvalue weighted by molar-refractivity contribution is 9.10. The maximum absolute atomic E-state index is 6.20. The summed E-state index contributed by atoms with van der Waals surface area (Å²) in [5.41, 5.74) is 8.28. The van der Waals surface area contributed by atoms with E-state index in [4.69, 9.17) is 10.5 Å². The molecule has 0 aliphatic carbocycles. The molecule has 0 saturated heterocycles. The van der Waals surface area contributed by atoms with Gasteiger partial charge in [-0.25, -0.2) is 0 Å². The van der Waals surface area contributed by atoms with Gasteiger partial charge >= 0.3 is 0 Å². The Labute approximate surface area is 135 Å². The zero-order chi connectivity index (χ0) is 15.4. The van der Waals surface area contributed by atoms with Gasteiger partial charge in [-0.3, -0.25) is 0 Å². The SMILES string of the molecule is CC(N)Cc1ccc(Br)cc1Oc1ccccc1C(C)C. The summed E-state index contributed by atoms with van der Waals surface area (Å²) in [7, 11) is 0. The molecule has 2 nitrogen and oxygen atoms in total. The van der Waals surface area contributed by atoms with Crippen LogP contribution in [0, 0.1) is 0 Å². The number of hydrogen-bond donors (Lipinski definition) is 1. The molecule has 0 fully saturated rings. The van der Waals surface area contributed by atoms with Gasteiger partial charge < -0.3 is 10.5 Å². The Morgan fingerprint density at radius 3 is 2.43 bits per heavy atom. The van der Waals surface area contributed by atoms with E-state index in [2.05, 4.69) is 41.9 Å². The van der Waals surface area contributed by atoms with Crippen LogP contribution in [0.25, 0.3) is 0 Å². The van der Waals surface area contributed by atoms with E-state index in [9.17, 15) is 0 Å². The van der Waals surface area contributed by atoms with Crippen molar-refractivity contribution in [2.75, 3.05) is 0 Å². The van der Waals surface area contributed by atoms with Crippen molar-refractivity contribution in [1.29, 1.82) is 0 Å². The van der Waals surface area contributed by atoms with Gasteiger partial charge in [0.15, 0.2) is 0 Å². The lowest BCUT2D eigenvalue weighted by molar-refractivity contribution is 0.464. The van der Waals surface area contributed by atoms with Crippen LogP contribution in [0.3, 0.4) is 0 Å². The van der Waals surface area contributed by atoms with E-state index >= 15 is 0 Å². The van der Waals surface area contributed by atoms with Crippen molar-refractivity contribution in [2.45, 2.75) is 39.2 Å².